The van der Waals surface area contributed by atoms with E-state index in [4.69, 9.17) is 0 Å². The van der Waals surface area contributed by atoms with Crippen molar-refractivity contribution >= 4 is 19.0 Å². The molecule has 0 unspecified atom stereocenters. The quantitative estimate of drug-likeness (QED) is 0.606. The van der Waals surface area contributed by atoms with E-state index in [0.29, 0.717) is 0 Å². The predicted octanol–water partition coefficient (Wildman–Crippen LogP) is 4.95. The number of halogens is 2. The summed E-state index contributed by atoms with van der Waals surface area (Å²) in [6.45, 7) is 4.42. The van der Waals surface area contributed by atoms with Gasteiger partial charge in [-0.15, -0.1) is 0 Å². The summed E-state index contributed by atoms with van der Waals surface area (Å²) in [5.74, 6) is -0.549. The Balaban J connectivity index is 2.13. The molecule has 25 heavy (non-hydrogen) atoms. The number of pyridine rings is 1. The molecule has 0 fully saturated rings. The van der Waals surface area contributed by atoms with Crippen LogP contribution in [-0.4, -0.2) is 13.1 Å². The lowest BCUT2D eigenvalue weighted by atomic mass is 9.99. The van der Waals surface area contributed by atoms with Gasteiger partial charge in [-0.25, -0.2) is 8.78 Å². The Morgan fingerprint density at radius 3 is 1.76 bits per heavy atom. The first-order valence-corrected chi connectivity index (χ1v) is 11.2. The van der Waals surface area contributed by atoms with E-state index < -0.39 is 8.07 Å². The van der Waals surface area contributed by atoms with Crippen LogP contribution in [0.2, 0.25) is 13.1 Å². The second-order valence-corrected chi connectivity index (χ2v) is 10.8. The van der Waals surface area contributed by atoms with E-state index in [1.165, 1.54) is 24.3 Å². The van der Waals surface area contributed by atoms with Crippen molar-refractivity contribution in [2.75, 3.05) is 0 Å². The van der Waals surface area contributed by atoms with Gasteiger partial charge in [-0.3, -0.25) is 4.98 Å². The molecule has 3 rings (SSSR count). The summed E-state index contributed by atoms with van der Waals surface area (Å²) in [4.78, 5) is 4.52. The molecule has 0 spiro atoms. The third-order valence-electron chi connectivity index (χ3n) is 4.14. The Hall–Kier alpha value is -2.59. The monoisotopic (exact) mass is 351 g/mol. The highest BCUT2D eigenvalue weighted by molar-refractivity contribution is 6.94. The zero-order chi connectivity index (χ0) is 17.9. The maximum Gasteiger partial charge on any atom is 0.128 e. The van der Waals surface area contributed by atoms with Gasteiger partial charge in [-0.05, 0) is 53.1 Å². The SMILES string of the molecule is C[Si](C)(C=C(c1ccc(F)cc1)c1ccc(F)cc1)c1ccccn1. The van der Waals surface area contributed by atoms with Crippen molar-refractivity contribution in [3.8, 4) is 0 Å². The van der Waals surface area contributed by atoms with Gasteiger partial charge in [0.2, 0.25) is 0 Å². The third-order valence-corrected chi connectivity index (χ3v) is 6.77. The minimum Gasteiger partial charge on any atom is -0.266 e. The van der Waals surface area contributed by atoms with Gasteiger partial charge in [0.25, 0.3) is 0 Å². The number of aromatic nitrogens is 1. The maximum absolute atomic E-state index is 13.3. The lowest BCUT2D eigenvalue weighted by Crippen LogP contribution is -2.41. The zero-order valence-electron chi connectivity index (χ0n) is 14.2. The molecule has 1 nitrogen and oxygen atoms in total. The molecule has 0 radical (unpaired) electrons. The number of hydrogen-bond donors (Lipinski definition) is 0. The minimum atomic E-state index is -2.00. The van der Waals surface area contributed by atoms with Gasteiger partial charge in [0.15, 0.2) is 0 Å². The van der Waals surface area contributed by atoms with Crippen molar-refractivity contribution in [3.05, 3.63) is 101 Å². The summed E-state index contributed by atoms with van der Waals surface area (Å²) in [6.07, 6.45) is 1.80. The largest absolute Gasteiger partial charge is 0.266 e. The van der Waals surface area contributed by atoms with Crippen molar-refractivity contribution in [2.24, 2.45) is 0 Å². The fourth-order valence-corrected chi connectivity index (χ4v) is 4.91. The topological polar surface area (TPSA) is 12.9 Å². The van der Waals surface area contributed by atoms with Gasteiger partial charge < -0.3 is 0 Å². The summed E-state index contributed by atoms with van der Waals surface area (Å²) in [5, 5.41) is 1.07. The summed E-state index contributed by atoms with van der Waals surface area (Å²) in [6, 6.07) is 18.7. The lowest BCUT2D eigenvalue weighted by molar-refractivity contribution is 0.627. The van der Waals surface area contributed by atoms with E-state index in [1.54, 1.807) is 30.5 Å². The average molecular weight is 351 g/mol. The number of benzene rings is 2. The predicted molar refractivity (Wildman–Crippen MR) is 101 cm³/mol. The van der Waals surface area contributed by atoms with Crippen molar-refractivity contribution in [1.82, 2.24) is 4.98 Å². The van der Waals surface area contributed by atoms with E-state index in [-0.39, 0.29) is 11.6 Å². The van der Waals surface area contributed by atoms with Crippen molar-refractivity contribution in [3.63, 3.8) is 0 Å². The first kappa shape index (κ1) is 17.2. The average Bonchev–Trinajstić information content (AvgIpc) is 2.62. The summed E-state index contributed by atoms with van der Waals surface area (Å²) >= 11 is 0. The molecule has 2 aromatic carbocycles. The molecule has 0 N–H and O–H groups in total. The first-order valence-electron chi connectivity index (χ1n) is 8.12. The maximum atomic E-state index is 13.3. The molecule has 0 saturated heterocycles. The summed E-state index contributed by atoms with van der Waals surface area (Å²) in [7, 11) is -2.00. The van der Waals surface area contributed by atoms with E-state index in [2.05, 4.69) is 23.8 Å². The van der Waals surface area contributed by atoms with Crippen LogP contribution < -0.4 is 5.32 Å². The smallest absolute Gasteiger partial charge is 0.128 e. The molecule has 0 bridgehead atoms. The Labute approximate surface area is 147 Å². The Kier molecular flexibility index (Phi) is 4.90. The molecule has 0 aliphatic carbocycles. The second kappa shape index (κ2) is 7.11. The van der Waals surface area contributed by atoms with Crippen molar-refractivity contribution in [2.45, 2.75) is 13.1 Å². The van der Waals surface area contributed by atoms with Gasteiger partial charge in [-0.2, -0.15) is 0 Å². The fraction of sp³-hybridized carbons (Fsp3) is 0.0952. The molecule has 0 saturated carbocycles. The fourth-order valence-electron chi connectivity index (χ4n) is 2.77. The van der Waals surface area contributed by atoms with Gasteiger partial charge >= 0.3 is 0 Å². The summed E-state index contributed by atoms with van der Waals surface area (Å²) in [5.41, 5.74) is 5.02. The van der Waals surface area contributed by atoms with Crippen molar-refractivity contribution in [1.29, 1.82) is 0 Å². The van der Waals surface area contributed by atoms with E-state index in [9.17, 15) is 8.78 Å². The van der Waals surface area contributed by atoms with Crippen LogP contribution in [0.4, 0.5) is 8.78 Å². The highest BCUT2D eigenvalue weighted by Crippen LogP contribution is 2.26. The Bertz CT molecular complexity index is 823. The van der Waals surface area contributed by atoms with Crippen LogP contribution in [-0.2, 0) is 0 Å². The second-order valence-electron chi connectivity index (χ2n) is 6.51. The molecule has 0 atom stereocenters. The van der Waals surface area contributed by atoms with E-state index in [1.807, 2.05) is 18.2 Å². The molecular weight excluding hydrogens is 332 g/mol. The lowest BCUT2D eigenvalue weighted by Gasteiger charge is -2.20. The Morgan fingerprint density at radius 2 is 1.32 bits per heavy atom. The molecule has 0 aliphatic rings. The molecular formula is C21H19F2NSi. The van der Waals surface area contributed by atoms with Crippen LogP contribution in [0.5, 0.6) is 0 Å². The number of hydrogen-bond acceptors (Lipinski definition) is 1. The molecule has 0 aliphatic heterocycles. The molecule has 0 amide bonds. The molecule has 126 valence electrons. The van der Waals surface area contributed by atoms with E-state index >= 15 is 0 Å². The number of nitrogens with zero attached hydrogens (tertiary/aromatic N) is 1. The molecule has 4 heteroatoms. The van der Waals surface area contributed by atoms with Crippen LogP contribution in [0.25, 0.3) is 5.57 Å². The van der Waals surface area contributed by atoms with Gasteiger partial charge in [0.05, 0.1) is 0 Å². The molecule has 1 heterocycles. The molecule has 1 aromatic heterocycles. The highest BCUT2D eigenvalue weighted by atomic mass is 28.3. The van der Waals surface area contributed by atoms with Crippen LogP contribution in [0.1, 0.15) is 11.1 Å². The highest BCUT2D eigenvalue weighted by Gasteiger charge is 2.24. The zero-order valence-corrected chi connectivity index (χ0v) is 15.2. The van der Waals surface area contributed by atoms with Crippen LogP contribution in [0.3, 0.4) is 0 Å². The third kappa shape index (κ3) is 4.09. The van der Waals surface area contributed by atoms with Crippen LogP contribution in [0, 0.1) is 11.6 Å². The summed E-state index contributed by atoms with van der Waals surface area (Å²) < 4.78 is 26.7. The van der Waals surface area contributed by atoms with Crippen LogP contribution >= 0.6 is 0 Å². The minimum absolute atomic E-state index is 0.275. The van der Waals surface area contributed by atoms with Crippen molar-refractivity contribution < 1.29 is 8.78 Å². The first-order chi connectivity index (χ1) is 12.0. The van der Waals surface area contributed by atoms with E-state index in [0.717, 1.165) is 22.0 Å². The van der Waals surface area contributed by atoms with Crippen LogP contribution in [0.15, 0.2) is 78.6 Å². The standard InChI is InChI=1S/C21H19F2NSi/c1-25(2,21-5-3-4-14-24-21)15-20(16-6-10-18(22)11-7-16)17-8-12-19(23)13-9-17/h3-15H,1-2H3. The molecule has 3 aromatic rings. The number of rotatable bonds is 4. The normalized spacial score (nSPS) is 11.2. The van der Waals surface area contributed by atoms with Gasteiger partial charge in [0, 0.05) is 11.5 Å². The van der Waals surface area contributed by atoms with Gasteiger partial charge in [0.1, 0.15) is 19.7 Å². The Morgan fingerprint density at radius 1 is 0.800 bits per heavy atom. The van der Waals surface area contributed by atoms with Gasteiger partial charge in [-0.1, -0.05) is 49.1 Å².